The number of likely N-dealkylation sites (tertiary alicyclic amines) is 1. The lowest BCUT2D eigenvalue weighted by atomic mass is 9.94. The minimum absolute atomic E-state index is 0.0526. The van der Waals surface area contributed by atoms with E-state index in [1.165, 1.54) is 0 Å². The summed E-state index contributed by atoms with van der Waals surface area (Å²) in [5.74, 6) is 0.0693. The van der Waals surface area contributed by atoms with E-state index in [9.17, 15) is 14.7 Å². The second-order valence-corrected chi connectivity index (χ2v) is 8.00. The molecule has 34 heavy (non-hydrogen) atoms. The van der Waals surface area contributed by atoms with Crippen LogP contribution in [0.2, 0.25) is 0 Å². The number of methoxy groups -OCH3 is 1. The number of rotatable bonds is 11. The summed E-state index contributed by atoms with van der Waals surface area (Å²) >= 11 is 0. The van der Waals surface area contributed by atoms with Crippen LogP contribution in [0.15, 0.2) is 48.0 Å². The number of nitrogens with zero attached hydrogens (tertiary/aromatic N) is 1. The summed E-state index contributed by atoms with van der Waals surface area (Å²) in [6.45, 7) is 7.06. The number of hydrogen-bond acceptors (Lipinski definition) is 6. The summed E-state index contributed by atoms with van der Waals surface area (Å²) in [6, 6.07) is 11.5. The SMILES string of the molecule is CCCCCN1C(=O)C(=O)/C(=C(\O)c2ccc(OCC)cc2OCC)C1c1ccc(OC)cc1. The second kappa shape index (κ2) is 11.6. The lowest BCUT2D eigenvalue weighted by molar-refractivity contribution is -0.139. The molecule has 1 fully saturated rings. The lowest BCUT2D eigenvalue weighted by Gasteiger charge is -2.25. The fourth-order valence-electron chi connectivity index (χ4n) is 4.15. The molecule has 7 heteroatoms. The summed E-state index contributed by atoms with van der Waals surface area (Å²) in [4.78, 5) is 27.8. The van der Waals surface area contributed by atoms with Crippen molar-refractivity contribution in [2.75, 3.05) is 26.9 Å². The van der Waals surface area contributed by atoms with Crippen LogP contribution in [0.4, 0.5) is 0 Å². The first-order chi connectivity index (χ1) is 16.5. The zero-order valence-corrected chi connectivity index (χ0v) is 20.3. The molecule has 0 aliphatic carbocycles. The molecule has 1 aliphatic rings. The number of Topliss-reactive ketones (excluding diaryl/α,β-unsaturated/α-hetero) is 1. The highest BCUT2D eigenvalue weighted by molar-refractivity contribution is 6.46. The molecule has 0 aromatic heterocycles. The van der Waals surface area contributed by atoms with Crippen LogP contribution in [-0.4, -0.2) is 48.6 Å². The van der Waals surface area contributed by atoms with Gasteiger partial charge >= 0.3 is 0 Å². The Kier molecular flexibility index (Phi) is 8.57. The molecule has 1 unspecified atom stereocenters. The van der Waals surface area contributed by atoms with Gasteiger partial charge in [0.15, 0.2) is 0 Å². The largest absolute Gasteiger partial charge is 0.507 e. The molecule has 1 N–H and O–H groups in total. The predicted molar refractivity (Wildman–Crippen MR) is 130 cm³/mol. The van der Waals surface area contributed by atoms with Crippen molar-refractivity contribution in [3.05, 3.63) is 59.2 Å². The smallest absolute Gasteiger partial charge is 0.295 e. The van der Waals surface area contributed by atoms with Crippen LogP contribution in [0.3, 0.4) is 0 Å². The van der Waals surface area contributed by atoms with E-state index in [4.69, 9.17) is 14.2 Å². The summed E-state index contributed by atoms with van der Waals surface area (Å²) in [5.41, 5.74) is 1.12. The number of unbranched alkanes of at least 4 members (excludes halogenated alkanes) is 2. The van der Waals surface area contributed by atoms with Crippen molar-refractivity contribution in [3.8, 4) is 17.2 Å². The van der Waals surface area contributed by atoms with Crippen molar-refractivity contribution >= 4 is 17.4 Å². The maximum absolute atomic E-state index is 13.2. The molecule has 1 aliphatic heterocycles. The number of hydrogen-bond donors (Lipinski definition) is 1. The van der Waals surface area contributed by atoms with Crippen LogP contribution in [0.1, 0.15) is 57.2 Å². The Hall–Kier alpha value is -3.48. The van der Waals surface area contributed by atoms with Gasteiger partial charge in [0.25, 0.3) is 11.7 Å². The molecule has 2 aromatic carbocycles. The molecule has 7 nitrogen and oxygen atoms in total. The first-order valence-corrected chi connectivity index (χ1v) is 11.8. The first-order valence-electron chi connectivity index (χ1n) is 11.8. The van der Waals surface area contributed by atoms with E-state index in [1.807, 2.05) is 26.0 Å². The van der Waals surface area contributed by atoms with Gasteiger partial charge < -0.3 is 24.2 Å². The van der Waals surface area contributed by atoms with Crippen molar-refractivity contribution in [3.63, 3.8) is 0 Å². The average molecular weight is 468 g/mol. The monoisotopic (exact) mass is 467 g/mol. The van der Waals surface area contributed by atoms with Gasteiger partial charge in [0.05, 0.1) is 37.5 Å². The van der Waals surface area contributed by atoms with E-state index >= 15 is 0 Å². The van der Waals surface area contributed by atoms with E-state index in [2.05, 4.69) is 6.92 Å². The molecule has 1 amide bonds. The normalized spacial score (nSPS) is 17.2. The molecule has 0 bridgehead atoms. The van der Waals surface area contributed by atoms with E-state index in [-0.39, 0.29) is 11.3 Å². The van der Waals surface area contributed by atoms with Crippen LogP contribution >= 0.6 is 0 Å². The number of carbonyl (C=O) groups is 2. The molecule has 0 radical (unpaired) electrons. The maximum atomic E-state index is 13.2. The van der Waals surface area contributed by atoms with Gasteiger partial charge in [0.2, 0.25) is 0 Å². The summed E-state index contributed by atoms with van der Waals surface area (Å²) < 4.78 is 16.6. The molecule has 1 heterocycles. The van der Waals surface area contributed by atoms with Gasteiger partial charge in [-0.1, -0.05) is 31.9 Å². The Bertz CT molecular complexity index is 1040. The highest BCUT2D eigenvalue weighted by Crippen LogP contribution is 2.42. The van der Waals surface area contributed by atoms with Gasteiger partial charge in [-0.05, 0) is 50.1 Å². The van der Waals surface area contributed by atoms with Gasteiger partial charge in [-0.25, -0.2) is 0 Å². The van der Waals surface area contributed by atoms with Gasteiger partial charge in [-0.3, -0.25) is 9.59 Å². The van der Waals surface area contributed by atoms with E-state index in [0.717, 1.165) is 24.8 Å². The number of aliphatic hydroxyl groups excluding tert-OH is 1. The highest BCUT2D eigenvalue weighted by Gasteiger charge is 2.46. The first kappa shape index (κ1) is 25.1. The number of ether oxygens (including phenoxy) is 3. The third-order valence-corrected chi connectivity index (χ3v) is 5.79. The minimum Gasteiger partial charge on any atom is -0.507 e. The Labute approximate surface area is 200 Å². The highest BCUT2D eigenvalue weighted by atomic mass is 16.5. The Morgan fingerprint density at radius 2 is 1.62 bits per heavy atom. The fourth-order valence-corrected chi connectivity index (χ4v) is 4.15. The van der Waals surface area contributed by atoms with Gasteiger partial charge in [0, 0.05) is 12.6 Å². The third-order valence-electron chi connectivity index (χ3n) is 5.79. The quantitative estimate of drug-likeness (QED) is 0.214. The summed E-state index contributed by atoms with van der Waals surface area (Å²) in [6.07, 6.45) is 2.69. The van der Waals surface area contributed by atoms with Crippen LogP contribution in [0.25, 0.3) is 5.76 Å². The zero-order chi connectivity index (χ0) is 24.7. The van der Waals surface area contributed by atoms with Crippen LogP contribution in [0.5, 0.6) is 17.2 Å². The average Bonchev–Trinajstić information content (AvgIpc) is 3.09. The van der Waals surface area contributed by atoms with E-state index in [0.29, 0.717) is 42.6 Å². The molecular formula is C27H33NO6. The van der Waals surface area contributed by atoms with Gasteiger partial charge in [-0.2, -0.15) is 0 Å². The molecule has 1 saturated heterocycles. The zero-order valence-electron chi connectivity index (χ0n) is 20.3. The van der Waals surface area contributed by atoms with Crippen molar-refractivity contribution in [2.45, 2.75) is 46.1 Å². The standard InChI is InChI=1S/C27H33NO6/c1-5-8-9-16-28-24(18-10-12-19(32-4)13-11-18)23(26(30)27(28)31)25(29)21-15-14-20(33-6-2)17-22(21)34-7-3/h10-15,17,24,29H,5-9,16H2,1-4H3/b25-23-. The van der Waals surface area contributed by atoms with Crippen molar-refractivity contribution in [1.29, 1.82) is 0 Å². The molecule has 1 atom stereocenters. The molecule has 182 valence electrons. The van der Waals surface area contributed by atoms with Gasteiger partial charge in [0.1, 0.15) is 23.0 Å². The number of benzene rings is 2. The predicted octanol–water partition coefficient (Wildman–Crippen LogP) is 5.10. The maximum Gasteiger partial charge on any atom is 0.295 e. The van der Waals surface area contributed by atoms with Crippen molar-refractivity contribution < 1.29 is 28.9 Å². The second-order valence-electron chi connectivity index (χ2n) is 8.00. The minimum atomic E-state index is -0.705. The van der Waals surface area contributed by atoms with E-state index < -0.39 is 17.7 Å². The summed E-state index contributed by atoms with van der Waals surface area (Å²) in [5, 5.41) is 11.4. The summed E-state index contributed by atoms with van der Waals surface area (Å²) in [7, 11) is 1.58. The number of carbonyl (C=O) groups excluding carboxylic acids is 2. The Morgan fingerprint density at radius 3 is 2.24 bits per heavy atom. The lowest BCUT2D eigenvalue weighted by Crippen LogP contribution is -2.30. The van der Waals surface area contributed by atoms with Crippen molar-refractivity contribution in [1.82, 2.24) is 4.90 Å². The molecular weight excluding hydrogens is 434 g/mol. The topological polar surface area (TPSA) is 85.3 Å². The van der Waals surface area contributed by atoms with Crippen molar-refractivity contribution in [2.24, 2.45) is 0 Å². The van der Waals surface area contributed by atoms with E-state index in [1.54, 1.807) is 42.3 Å². The van der Waals surface area contributed by atoms with Crippen LogP contribution < -0.4 is 14.2 Å². The number of amides is 1. The Balaban J connectivity index is 2.15. The van der Waals surface area contributed by atoms with Crippen LogP contribution in [0, 0.1) is 0 Å². The molecule has 3 rings (SSSR count). The van der Waals surface area contributed by atoms with Gasteiger partial charge in [-0.15, -0.1) is 0 Å². The number of ketones is 1. The van der Waals surface area contributed by atoms with Crippen LogP contribution in [-0.2, 0) is 9.59 Å². The fraction of sp³-hybridized carbons (Fsp3) is 0.407. The molecule has 0 spiro atoms. The number of aliphatic hydroxyl groups is 1. The molecule has 0 saturated carbocycles. The Morgan fingerprint density at radius 1 is 0.941 bits per heavy atom. The molecule has 2 aromatic rings. The third kappa shape index (κ3) is 5.19.